The number of halogens is 2. The number of carbonyl (C=O) groups is 8. The number of pyridine rings is 2. The average molecular weight is 1150 g/mol. The van der Waals surface area contributed by atoms with Crippen LogP contribution in [0.4, 0.5) is 20.2 Å². The molecule has 6 atom stereocenters. The molecular formula is C64H70F2N10O8. The molecule has 8 rings (SSSR count). The highest BCUT2D eigenvalue weighted by Crippen LogP contribution is 2.35. The molecule has 2 saturated heterocycles. The number of amides is 6. The first-order valence-corrected chi connectivity index (χ1v) is 28.3. The maximum absolute atomic E-state index is 14.4. The van der Waals surface area contributed by atoms with E-state index in [2.05, 4.69) is 41.9 Å². The van der Waals surface area contributed by atoms with Crippen LogP contribution in [0.5, 0.6) is 0 Å². The van der Waals surface area contributed by atoms with Crippen LogP contribution in [0.1, 0.15) is 131 Å². The molecule has 0 radical (unpaired) electrons. The fourth-order valence-corrected chi connectivity index (χ4v) is 10.4. The Morgan fingerprint density at radius 3 is 1.24 bits per heavy atom. The van der Waals surface area contributed by atoms with Crippen molar-refractivity contribution in [3.05, 3.63) is 190 Å². The zero-order valence-electron chi connectivity index (χ0n) is 47.5. The van der Waals surface area contributed by atoms with E-state index in [0.717, 1.165) is 11.1 Å². The first-order valence-electron chi connectivity index (χ1n) is 28.3. The van der Waals surface area contributed by atoms with Crippen LogP contribution < -0.4 is 31.9 Å². The van der Waals surface area contributed by atoms with E-state index in [0.29, 0.717) is 96.4 Å². The van der Waals surface area contributed by atoms with Gasteiger partial charge in [-0.25, -0.2) is 8.78 Å². The van der Waals surface area contributed by atoms with Crippen molar-refractivity contribution in [3.8, 4) is 0 Å². The van der Waals surface area contributed by atoms with Crippen LogP contribution in [0.2, 0.25) is 0 Å². The SMILES string of the molecule is CN[C@@H](C)C(=O)N[C@@H](Cc1ccc(NC(=O)CCCCC(=O)Nc2ccc(C[C@H](NC(=O)[C@H](C)NC)C(=O)N3CCC[C@H]3c3cncc(C(=O)c4ccc(F)cc4)c3)cc2)cc1)C(=O)N1CCC[C@H]1c1cncc(C(=O)c2ccc(F)cc2)c1. The van der Waals surface area contributed by atoms with Crippen molar-refractivity contribution in [2.24, 2.45) is 0 Å². The van der Waals surface area contributed by atoms with Gasteiger partial charge in [-0.3, -0.25) is 48.3 Å². The highest BCUT2D eigenvalue weighted by atomic mass is 19.1. The first kappa shape index (κ1) is 61.2. The lowest BCUT2D eigenvalue weighted by Gasteiger charge is -2.30. The first-order chi connectivity index (χ1) is 40.5. The largest absolute Gasteiger partial charge is 0.343 e. The van der Waals surface area contributed by atoms with Crippen LogP contribution in [-0.4, -0.2) is 118 Å². The minimum atomic E-state index is -0.936. The quantitative estimate of drug-likeness (QED) is 0.0244. The topological polar surface area (TPSA) is 241 Å². The summed E-state index contributed by atoms with van der Waals surface area (Å²) >= 11 is 0. The number of likely N-dealkylation sites (tertiary alicyclic amines) is 2. The van der Waals surface area contributed by atoms with Crippen molar-refractivity contribution < 1.29 is 47.1 Å². The van der Waals surface area contributed by atoms with E-state index in [4.69, 9.17) is 0 Å². The molecule has 0 spiro atoms. The minimum Gasteiger partial charge on any atom is -0.343 e. The Bertz CT molecular complexity index is 3110. The lowest BCUT2D eigenvalue weighted by molar-refractivity contribution is -0.137. The Hall–Kier alpha value is -8.88. The van der Waals surface area contributed by atoms with E-state index in [1.54, 1.807) is 111 Å². The molecule has 20 heteroatoms. The van der Waals surface area contributed by atoms with Crippen LogP contribution in [0, 0.1) is 11.6 Å². The van der Waals surface area contributed by atoms with Gasteiger partial charge >= 0.3 is 0 Å². The van der Waals surface area contributed by atoms with Gasteiger partial charge in [-0.05, 0) is 174 Å². The maximum Gasteiger partial charge on any atom is 0.246 e. The highest BCUT2D eigenvalue weighted by Gasteiger charge is 2.38. The van der Waals surface area contributed by atoms with Crippen LogP contribution in [-0.2, 0) is 41.6 Å². The summed E-state index contributed by atoms with van der Waals surface area (Å²) < 4.78 is 27.1. The number of likely N-dealkylation sites (N-methyl/N-ethyl adjacent to an activating group) is 2. The summed E-state index contributed by atoms with van der Waals surface area (Å²) in [5, 5.41) is 17.5. The number of hydrogen-bond acceptors (Lipinski definition) is 12. The van der Waals surface area contributed by atoms with E-state index < -0.39 is 47.9 Å². The van der Waals surface area contributed by atoms with E-state index in [1.165, 1.54) is 60.9 Å². The van der Waals surface area contributed by atoms with Gasteiger partial charge in [-0.2, -0.15) is 0 Å². The van der Waals surface area contributed by atoms with Crippen LogP contribution >= 0.6 is 0 Å². The van der Waals surface area contributed by atoms with Gasteiger partial charge in [0.25, 0.3) is 0 Å². The lowest BCUT2D eigenvalue weighted by Crippen LogP contribution is -2.53. The number of nitrogens with zero attached hydrogens (tertiary/aromatic N) is 4. The van der Waals surface area contributed by atoms with Gasteiger partial charge in [0.1, 0.15) is 23.7 Å². The standard InChI is InChI=1S/C64H70F2N10O8/c1-39(67-3)61(81)73-53(63(83)75-29-7-9-55(75)45-33-47(37-69-35-45)59(79)43-17-21-49(65)22-18-43)31-41-13-25-51(26-14-41)71-57(77)11-5-6-12-58(78)72-52-27-15-42(16-28-52)32-54(74-62(82)40(2)68-4)64(84)76-30-8-10-56(76)46-34-48(38-70-36-46)60(80)44-19-23-50(66)24-20-44/h13-28,33-40,53-56,67-68H,5-12,29-32H2,1-4H3,(H,71,77)(H,72,78)(H,73,81)(H,74,82)/t39-,40-,53-,54-,55-,56-/m0/s1. The summed E-state index contributed by atoms with van der Waals surface area (Å²) in [5.74, 6) is -3.35. The Morgan fingerprint density at radius 2 is 0.881 bits per heavy atom. The number of hydrogen-bond donors (Lipinski definition) is 6. The van der Waals surface area contributed by atoms with Gasteiger partial charge in [0.15, 0.2) is 11.6 Å². The third-order valence-corrected chi connectivity index (χ3v) is 15.4. The Kier molecular flexibility index (Phi) is 21.0. The molecule has 4 heterocycles. The van der Waals surface area contributed by atoms with Crippen molar-refractivity contribution in [2.45, 2.75) is 114 Å². The number of aromatic nitrogens is 2. The summed E-state index contributed by atoms with van der Waals surface area (Å²) in [5.41, 5.74) is 5.12. The maximum atomic E-state index is 14.4. The van der Waals surface area contributed by atoms with Crippen molar-refractivity contribution in [1.82, 2.24) is 41.0 Å². The number of rotatable bonds is 25. The van der Waals surface area contributed by atoms with Gasteiger partial charge < -0.3 is 41.7 Å². The molecule has 2 aromatic heterocycles. The summed E-state index contributed by atoms with van der Waals surface area (Å²) in [6.45, 7) is 4.25. The van der Waals surface area contributed by atoms with Crippen molar-refractivity contribution >= 4 is 58.4 Å². The smallest absolute Gasteiger partial charge is 0.246 e. The van der Waals surface area contributed by atoms with Gasteiger partial charge in [0.05, 0.1) is 24.2 Å². The number of carbonyl (C=O) groups excluding carboxylic acids is 8. The molecule has 6 N–H and O–H groups in total. The van der Waals surface area contributed by atoms with E-state index in [9.17, 15) is 47.1 Å². The third kappa shape index (κ3) is 16.0. The van der Waals surface area contributed by atoms with Gasteiger partial charge in [-0.15, -0.1) is 0 Å². The fraction of sp³-hybridized carbons (Fsp3) is 0.344. The molecule has 2 aliphatic rings. The molecule has 2 fully saturated rings. The Labute approximate surface area is 487 Å². The van der Waals surface area contributed by atoms with Gasteiger partial charge in [0.2, 0.25) is 35.4 Å². The molecule has 18 nitrogen and oxygen atoms in total. The normalized spacial score (nSPS) is 16.2. The Morgan fingerprint density at radius 1 is 0.512 bits per heavy atom. The molecule has 438 valence electrons. The molecule has 84 heavy (non-hydrogen) atoms. The Balaban J connectivity index is 0.811. The number of nitrogens with one attached hydrogen (secondary N) is 6. The fourth-order valence-electron chi connectivity index (χ4n) is 10.4. The summed E-state index contributed by atoms with van der Waals surface area (Å²) in [4.78, 5) is 120. The van der Waals surface area contributed by atoms with Crippen LogP contribution in [0.3, 0.4) is 0 Å². The minimum absolute atomic E-state index is 0.161. The third-order valence-electron chi connectivity index (χ3n) is 15.4. The van der Waals surface area contributed by atoms with Gasteiger partial charge in [0, 0.05) is 97.2 Å². The molecule has 0 saturated carbocycles. The van der Waals surface area contributed by atoms with Crippen LogP contribution in [0.25, 0.3) is 0 Å². The second-order valence-electron chi connectivity index (χ2n) is 21.3. The van der Waals surface area contributed by atoms with Crippen molar-refractivity contribution in [1.29, 1.82) is 0 Å². The molecule has 2 aliphatic heterocycles. The second kappa shape index (κ2) is 28.9. The predicted molar refractivity (Wildman–Crippen MR) is 312 cm³/mol. The summed E-state index contributed by atoms with van der Waals surface area (Å²) in [6, 6.07) is 24.2. The number of unbranched alkanes of at least 4 members (excludes halogenated alkanes) is 1. The summed E-state index contributed by atoms with van der Waals surface area (Å²) in [7, 11) is 3.30. The monoisotopic (exact) mass is 1140 g/mol. The molecule has 4 aromatic carbocycles. The summed E-state index contributed by atoms with van der Waals surface area (Å²) in [6.07, 6.45) is 10.3. The molecular weight excluding hydrogens is 1070 g/mol. The molecule has 0 bridgehead atoms. The zero-order chi connectivity index (χ0) is 59.9. The number of benzene rings is 4. The molecule has 6 aromatic rings. The second-order valence-corrected chi connectivity index (χ2v) is 21.3. The predicted octanol–water partition coefficient (Wildman–Crippen LogP) is 7.35. The molecule has 0 aliphatic carbocycles. The molecule has 0 unspecified atom stereocenters. The van der Waals surface area contributed by atoms with E-state index in [1.807, 2.05) is 0 Å². The highest BCUT2D eigenvalue weighted by molar-refractivity contribution is 6.09. The van der Waals surface area contributed by atoms with Crippen molar-refractivity contribution in [3.63, 3.8) is 0 Å². The zero-order valence-corrected chi connectivity index (χ0v) is 47.5. The van der Waals surface area contributed by atoms with Gasteiger partial charge in [-0.1, -0.05) is 24.3 Å². The van der Waals surface area contributed by atoms with E-state index >= 15 is 0 Å². The molecule has 6 amide bonds. The average Bonchev–Trinajstić information content (AvgIpc) is 4.02. The number of ketones is 2. The number of anilines is 2. The van der Waals surface area contributed by atoms with E-state index in [-0.39, 0.29) is 72.7 Å². The van der Waals surface area contributed by atoms with Crippen molar-refractivity contribution in [2.75, 3.05) is 37.8 Å². The van der Waals surface area contributed by atoms with Crippen LogP contribution in [0.15, 0.2) is 134 Å². The lowest BCUT2D eigenvalue weighted by atomic mass is 9.99.